The maximum Gasteiger partial charge on any atom is 0.416 e. The van der Waals surface area contributed by atoms with Crippen molar-refractivity contribution in [3.63, 3.8) is 0 Å². The van der Waals surface area contributed by atoms with Crippen molar-refractivity contribution in [1.82, 2.24) is 4.98 Å². The molecule has 1 aromatic carbocycles. The molecule has 1 aromatic heterocycles. The second-order valence-corrected chi connectivity index (χ2v) is 5.02. The van der Waals surface area contributed by atoms with Crippen LogP contribution in [0.15, 0.2) is 41.0 Å². The first-order valence-electron chi connectivity index (χ1n) is 5.61. The summed E-state index contributed by atoms with van der Waals surface area (Å²) in [5, 5.41) is 8.76. The highest BCUT2D eigenvalue weighted by Gasteiger charge is 2.30. The van der Waals surface area contributed by atoms with Gasteiger partial charge in [-0.2, -0.15) is 18.4 Å². The Labute approximate surface area is 122 Å². The van der Waals surface area contributed by atoms with Crippen LogP contribution in [0.1, 0.15) is 22.4 Å². The van der Waals surface area contributed by atoms with Gasteiger partial charge in [0.05, 0.1) is 10.0 Å². The average molecular weight is 341 g/mol. The number of pyridine rings is 1. The normalized spacial score (nSPS) is 11.2. The van der Waals surface area contributed by atoms with E-state index in [1.54, 1.807) is 12.1 Å². The Kier molecular flexibility index (Phi) is 4.09. The van der Waals surface area contributed by atoms with Crippen molar-refractivity contribution in [2.75, 3.05) is 0 Å². The molecule has 0 aliphatic heterocycles. The van der Waals surface area contributed by atoms with Gasteiger partial charge in [0.2, 0.25) is 0 Å². The predicted octanol–water partition coefficient (Wildman–Crippen LogP) is 4.33. The lowest BCUT2D eigenvalue weighted by atomic mass is 10.0. The van der Waals surface area contributed by atoms with E-state index in [0.717, 1.165) is 17.7 Å². The zero-order valence-electron chi connectivity index (χ0n) is 10.1. The van der Waals surface area contributed by atoms with Gasteiger partial charge in [-0.05, 0) is 45.6 Å². The second-order valence-electron chi connectivity index (χ2n) is 4.16. The van der Waals surface area contributed by atoms with Crippen LogP contribution in [0.5, 0.6) is 0 Å². The minimum Gasteiger partial charge on any atom is -0.244 e. The first kappa shape index (κ1) is 14.5. The van der Waals surface area contributed by atoms with E-state index >= 15 is 0 Å². The number of hydrogen-bond acceptors (Lipinski definition) is 2. The number of halogens is 4. The molecule has 20 heavy (non-hydrogen) atoms. The van der Waals surface area contributed by atoms with Crippen molar-refractivity contribution in [2.24, 2.45) is 0 Å². The first-order valence-corrected chi connectivity index (χ1v) is 6.40. The monoisotopic (exact) mass is 340 g/mol. The summed E-state index contributed by atoms with van der Waals surface area (Å²) in [7, 11) is 0. The Morgan fingerprint density at radius 1 is 1.20 bits per heavy atom. The third-order valence-corrected chi connectivity index (χ3v) is 3.27. The molecule has 0 saturated heterocycles. The molecule has 2 nitrogen and oxygen atoms in total. The first-order chi connectivity index (χ1) is 9.40. The molecule has 0 unspecified atom stereocenters. The summed E-state index contributed by atoms with van der Waals surface area (Å²) in [5.41, 5.74) is 0.849. The third-order valence-electron chi connectivity index (χ3n) is 2.67. The highest BCUT2D eigenvalue weighted by Crippen LogP contribution is 2.30. The second kappa shape index (κ2) is 5.63. The van der Waals surface area contributed by atoms with Crippen molar-refractivity contribution in [2.45, 2.75) is 12.6 Å². The Hall–Kier alpha value is -1.87. The number of rotatable bonds is 2. The lowest BCUT2D eigenvalue weighted by Gasteiger charge is -2.09. The predicted molar refractivity (Wildman–Crippen MR) is 70.9 cm³/mol. The van der Waals surface area contributed by atoms with Gasteiger partial charge in [0.1, 0.15) is 6.07 Å². The Morgan fingerprint density at radius 2 is 1.95 bits per heavy atom. The summed E-state index contributed by atoms with van der Waals surface area (Å²) in [5.74, 6) is 0. The molecule has 1 heterocycles. The van der Waals surface area contributed by atoms with Gasteiger partial charge in [-0.1, -0.05) is 18.2 Å². The molecule has 102 valence electrons. The quantitative estimate of drug-likeness (QED) is 0.815. The van der Waals surface area contributed by atoms with Crippen LogP contribution in [0, 0.1) is 11.3 Å². The van der Waals surface area contributed by atoms with Crippen molar-refractivity contribution in [3.8, 4) is 6.07 Å². The number of alkyl halides is 3. The molecule has 0 aliphatic rings. The van der Waals surface area contributed by atoms with E-state index in [1.807, 2.05) is 6.07 Å². The number of aromatic nitrogens is 1. The standard InChI is InChI=1S/C14H8BrF3N2/c15-12-6-10(8-20-13(12)7-19)4-9-2-1-3-11(5-9)14(16,17)18/h1-3,5-6,8H,4H2. The molecule has 0 fully saturated rings. The molecule has 6 heteroatoms. The summed E-state index contributed by atoms with van der Waals surface area (Å²) in [6, 6.07) is 8.76. The molecule has 0 spiro atoms. The topological polar surface area (TPSA) is 36.7 Å². The van der Waals surface area contributed by atoms with Gasteiger partial charge in [-0.3, -0.25) is 0 Å². The number of benzene rings is 1. The van der Waals surface area contributed by atoms with Crippen LogP contribution in [0.2, 0.25) is 0 Å². The fourth-order valence-corrected chi connectivity index (χ4v) is 2.23. The van der Waals surface area contributed by atoms with Crippen molar-refractivity contribution in [3.05, 3.63) is 63.4 Å². The minimum absolute atomic E-state index is 0.248. The Balaban J connectivity index is 2.27. The van der Waals surface area contributed by atoms with Gasteiger partial charge in [-0.25, -0.2) is 4.98 Å². The zero-order chi connectivity index (χ0) is 14.8. The number of nitrogens with zero attached hydrogens (tertiary/aromatic N) is 2. The van der Waals surface area contributed by atoms with Gasteiger partial charge < -0.3 is 0 Å². The Bertz CT molecular complexity index is 675. The smallest absolute Gasteiger partial charge is 0.244 e. The van der Waals surface area contributed by atoms with E-state index in [9.17, 15) is 13.2 Å². The minimum atomic E-state index is -4.35. The maximum absolute atomic E-state index is 12.6. The summed E-state index contributed by atoms with van der Waals surface area (Å²) in [6.07, 6.45) is -2.54. The van der Waals surface area contributed by atoms with Crippen LogP contribution in [-0.4, -0.2) is 4.98 Å². The maximum atomic E-state index is 12.6. The fourth-order valence-electron chi connectivity index (χ4n) is 1.75. The van der Waals surface area contributed by atoms with E-state index in [0.29, 0.717) is 16.5 Å². The molecular formula is C14H8BrF3N2. The van der Waals surface area contributed by atoms with E-state index in [-0.39, 0.29) is 5.69 Å². The molecule has 0 aliphatic carbocycles. The van der Waals surface area contributed by atoms with Gasteiger partial charge in [0.25, 0.3) is 0 Å². The molecule has 2 rings (SSSR count). The van der Waals surface area contributed by atoms with Crippen molar-refractivity contribution >= 4 is 15.9 Å². The summed E-state index contributed by atoms with van der Waals surface area (Å²) in [6.45, 7) is 0. The summed E-state index contributed by atoms with van der Waals surface area (Å²) in [4.78, 5) is 3.93. The molecular weight excluding hydrogens is 333 g/mol. The van der Waals surface area contributed by atoms with Gasteiger partial charge >= 0.3 is 6.18 Å². The fraction of sp³-hybridized carbons (Fsp3) is 0.143. The molecule has 2 aromatic rings. The SMILES string of the molecule is N#Cc1ncc(Cc2cccc(C(F)(F)F)c2)cc1Br. The zero-order valence-corrected chi connectivity index (χ0v) is 11.7. The highest BCUT2D eigenvalue weighted by atomic mass is 79.9. The van der Waals surface area contributed by atoms with Crippen LogP contribution in [0.3, 0.4) is 0 Å². The Morgan fingerprint density at radius 3 is 2.55 bits per heavy atom. The molecule has 0 N–H and O–H groups in total. The van der Waals surface area contributed by atoms with Gasteiger partial charge in [0, 0.05) is 6.20 Å². The number of hydrogen-bond donors (Lipinski definition) is 0. The number of nitriles is 1. The third kappa shape index (κ3) is 3.36. The van der Waals surface area contributed by atoms with Crippen molar-refractivity contribution < 1.29 is 13.2 Å². The van der Waals surface area contributed by atoms with E-state index in [2.05, 4.69) is 20.9 Å². The molecule has 0 radical (unpaired) electrons. The largest absolute Gasteiger partial charge is 0.416 e. The molecule has 0 amide bonds. The van der Waals surface area contributed by atoms with Crippen LogP contribution in [0.25, 0.3) is 0 Å². The lowest BCUT2D eigenvalue weighted by Crippen LogP contribution is -2.05. The highest BCUT2D eigenvalue weighted by molar-refractivity contribution is 9.10. The summed E-state index contributed by atoms with van der Waals surface area (Å²) < 4.78 is 38.4. The van der Waals surface area contributed by atoms with E-state index in [4.69, 9.17) is 5.26 Å². The summed E-state index contributed by atoms with van der Waals surface area (Å²) >= 11 is 3.20. The average Bonchev–Trinajstić information content (AvgIpc) is 2.38. The van der Waals surface area contributed by atoms with Crippen LogP contribution in [-0.2, 0) is 12.6 Å². The molecule has 0 atom stereocenters. The van der Waals surface area contributed by atoms with Crippen LogP contribution >= 0.6 is 15.9 Å². The van der Waals surface area contributed by atoms with Crippen molar-refractivity contribution in [1.29, 1.82) is 5.26 Å². The van der Waals surface area contributed by atoms with Gasteiger partial charge in [-0.15, -0.1) is 0 Å². The van der Waals surface area contributed by atoms with Crippen LogP contribution < -0.4 is 0 Å². The van der Waals surface area contributed by atoms with E-state index in [1.165, 1.54) is 12.3 Å². The molecule has 0 saturated carbocycles. The van der Waals surface area contributed by atoms with Gasteiger partial charge in [0.15, 0.2) is 5.69 Å². The lowest BCUT2D eigenvalue weighted by molar-refractivity contribution is -0.137. The van der Waals surface area contributed by atoms with Crippen LogP contribution in [0.4, 0.5) is 13.2 Å². The van der Waals surface area contributed by atoms with E-state index < -0.39 is 11.7 Å². The molecule has 0 bridgehead atoms.